The van der Waals surface area contributed by atoms with E-state index in [9.17, 15) is 23.5 Å². The maximum absolute atomic E-state index is 14.6. The van der Waals surface area contributed by atoms with Crippen LogP contribution in [0.4, 0.5) is 14.5 Å². The number of carbonyl (C=O) groups excluding carboxylic acids is 1. The number of ether oxygens (including phenoxy) is 1. The highest BCUT2D eigenvalue weighted by Crippen LogP contribution is 2.45. The summed E-state index contributed by atoms with van der Waals surface area (Å²) in [6.45, 7) is -0.0771. The van der Waals surface area contributed by atoms with Gasteiger partial charge in [0.15, 0.2) is 22.5 Å². The summed E-state index contributed by atoms with van der Waals surface area (Å²) in [7, 11) is 1.34. The van der Waals surface area contributed by atoms with Crippen LogP contribution in [0.1, 0.15) is 52.5 Å². The number of benzene rings is 2. The van der Waals surface area contributed by atoms with E-state index < -0.39 is 28.6 Å². The van der Waals surface area contributed by atoms with E-state index in [0.717, 1.165) is 24.5 Å². The number of aromatic nitrogens is 1. The van der Waals surface area contributed by atoms with Crippen LogP contribution in [0.25, 0.3) is 0 Å². The lowest BCUT2D eigenvalue weighted by atomic mass is 9.76. The summed E-state index contributed by atoms with van der Waals surface area (Å²) in [6.07, 6.45) is 4.43. The molecule has 0 saturated heterocycles. The zero-order valence-electron chi connectivity index (χ0n) is 20.9. The number of anilines is 1. The fraction of sp³-hybridized carbons (Fsp3) is 0.286. The largest absolute Gasteiger partial charge is 0.478 e. The van der Waals surface area contributed by atoms with Crippen molar-refractivity contribution < 1.29 is 28.2 Å². The molecule has 1 N–H and O–H groups in total. The van der Waals surface area contributed by atoms with Crippen molar-refractivity contribution in [1.29, 1.82) is 0 Å². The number of methoxy groups -OCH3 is 1. The summed E-state index contributed by atoms with van der Waals surface area (Å²) in [5.41, 5.74) is 2.22. The smallest absolute Gasteiger partial charge is 0.337 e. The molecule has 1 saturated carbocycles. The second-order valence-corrected chi connectivity index (χ2v) is 10.6. The Labute approximate surface area is 232 Å². The van der Waals surface area contributed by atoms with Crippen molar-refractivity contribution in [3.05, 3.63) is 92.0 Å². The van der Waals surface area contributed by atoms with Crippen molar-refractivity contribution >= 4 is 46.4 Å². The molecule has 2 aromatic carbocycles. The average molecular weight is 572 g/mol. The number of carbonyl (C=O) groups is 2. The van der Waals surface area contributed by atoms with Gasteiger partial charge in [-0.15, -0.1) is 11.3 Å². The number of halogens is 3. The van der Waals surface area contributed by atoms with Gasteiger partial charge >= 0.3 is 11.9 Å². The van der Waals surface area contributed by atoms with Gasteiger partial charge in [-0.05, 0) is 61.4 Å². The van der Waals surface area contributed by atoms with E-state index in [1.165, 1.54) is 24.5 Å². The first-order valence-corrected chi connectivity index (χ1v) is 13.6. The van der Waals surface area contributed by atoms with E-state index in [4.69, 9.17) is 16.3 Å². The number of thiazole rings is 1. The normalized spacial score (nSPS) is 19.6. The third-order valence-corrected chi connectivity index (χ3v) is 8.33. The fourth-order valence-corrected chi connectivity index (χ4v) is 6.17. The predicted molar refractivity (Wildman–Crippen MR) is 145 cm³/mol. The monoisotopic (exact) mass is 571 g/mol. The highest BCUT2D eigenvalue weighted by atomic mass is 35.5. The Morgan fingerprint density at radius 1 is 1.08 bits per heavy atom. The van der Waals surface area contributed by atoms with Gasteiger partial charge in [0.05, 0.1) is 30.5 Å². The van der Waals surface area contributed by atoms with E-state index >= 15 is 0 Å². The van der Waals surface area contributed by atoms with Gasteiger partial charge in [0.25, 0.3) is 0 Å². The topological polar surface area (TPSA) is 92.1 Å². The number of carboxylic acids is 1. The van der Waals surface area contributed by atoms with Gasteiger partial charge in [-0.3, -0.25) is 9.89 Å². The lowest BCUT2D eigenvalue weighted by molar-refractivity contribution is -0.132. The minimum Gasteiger partial charge on any atom is -0.478 e. The molecule has 0 amide bonds. The number of esters is 1. The van der Waals surface area contributed by atoms with E-state index in [0.29, 0.717) is 34.9 Å². The first kappa shape index (κ1) is 27.0. The number of hydrogen-bond donors (Lipinski definition) is 1. The van der Waals surface area contributed by atoms with Crippen molar-refractivity contribution in [1.82, 2.24) is 4.98 Å². The Kier molecular flexibility index (Phi) is 7.76. The molecule has 1 fully saturated rings. The number of carboxylic acid groups (broad SMARTS) is 1. The summed E-state index contributed by atoms with van der Waals surface area (Å²) in [6, 6.07) is 9.62. The number of allylic oxidation sites excluding steroid dienone is 1. The van der Waals surface area contributed by atoms with Gasteiger partial charge < -0.3 is 9.84 Å². The molecule has 7 nitrogen and oxygen atoms in total. The molecule has 2 heterocycles. The van der Waals surface area contributed by atoms with Gasteiger partial charge in [0.2, 0.25) is 0 Å². The zero-order valence-corrected chi connectivity index (χ0v) is 22.4. The van der Waals surface area contributed by atoms with Crippen molar-refractivity contribution in [3.63, 3.8) is 0 Å². The third-order valence-electron chi connectivity index (χ3n) is 7.20. The third kappa shape index (κ3) is 5.18. The first-order chi connectivity index (χ1) is 18.8. The lowest BCUT2D eigenvalue weighted by Crippen LogP contribution is -2.41. The standard InChI is InChI=1S/C28H24ClF2N3O4S/c1-38-28(37)18-8-4-16(5-9-18)15-2-6-17(7-3-15)24-19(27(35)36)14-33-25(26-32-12-13-39-26)34(24)21-11-10-20(30)23(31)22(21)29/h4-5,8-13,15,17H,2-3,6-7,14H2,1H3,(H,35,36). The molecule has 202 valence electrons. The van der Waals surface area contributed by atoms with Gasteiger partial charge in [0, 0.05) is 23.2 Å². The van der Waals surface area contributed by atoms with Crippen LogP contribution in [0.5, 0.6) is 0 Å². The average Bonchev–Trinajstić information content (AvgIpc) is 3.50. The van der Waals surface area contributed by atoms with Gasteiger partial charge in [-0.2, -0.15) is 0 Å². The molecule has 1 aromatic heterocycles. The maximum atomic E-state index is 14.6. The van der Waals surface area contributed by atoms with Crippen molar-refractivity contribution in [2.75, 3.05) is 18.6 Å². The minimum atomic E-state index is -1.21. The molecule has 1 aliphatic heterocycles. The number of nitrogens with zero attached hydrogens (tertiary/aromatic N) is 3. The Bertz CT molecular complexity index is 1470. The summed E-state index contributed by atoms with van der Waals surface area (Å²) < 4.78 is 33.4. The number of amidine groups is 1. The van der Waals surface area contributed by atoms with Gasteiger partial charge in [0.1, 0.15) is 5.02 Å². The van der Waals surface area contributed by atoms with E-state index in [1.54, 1.807) is 28.6 Å². The van der Waals surface area contributed by atoms with Crippen LogP contribution < -0.4 is 4.90 Å². The van der Waals surface area contributed by atoms with Gasteiger partial charge in [-0.1, -0.05) is 23.7 Å². The van der Waals surface area contributed by atoms with E-state index in [1.807, 2.05) is 12.1 Å². The second kappa shape index (κ2) is 11.2. The molecule has 5 rings (SSSR count). The molecule has 2 aliphatic rings. The molecule has 0 spiro atoms. The summed E-state index contributed by atoms with van der Waals surface area (Å²) >= 11 is 7.61. The van der Waals surface area contributed by atoms with Crippen molar-refractivity contribution in [3.8, 4) is 0 Å². The second-order valence-electron chi connectivity index (χ2n) is 9.34. The number of rotatable bonds is 6. The van der Waals surface area contributed by atoms with Crippen LogP contribution in [0, 0.1) is 17.6 Å². The van der Waals surface area contributed by atoms with Crippen LogP contribution in [-0.2, 0) is 9.53 Å². The van der Waals surface area contributed by atoms with E-state index in [2.05, 4.69) is 9.98 Å². The Balaban J connectivity index is 1.50. The number of hydrogen-bond acceptors (Lipinski definition) is 7. The molecule has 0 unspecified atom stereocenters. The van der Waals surface area contributed by atoms with Crippen molar-refractivity contribution in [2.45, 2.75) is 31.6 Å². The fourth-order valence-electron chi connectivity index (χ4n) is 5.30. The van der Waals surface area contributed by atoms with Crippen LogP contribution in [0.2, 0.25) is 5.02 Å². The summed E-state index contributed by atoms with van der Waals surface area (Å²) in [4.78, 5) is 34.6. The molecule has 0 atom stereocenters. The summed E-state index contributed by atoms with van der Waals surface area (Å²) in [5.74, 6) is -3.47. The van der Waals surface area contributed by atoms with Crippen molar-refractivity contribution in [2.24, 2.45) is 10.9 Å². The minimum absolute atomic E-state index is 0.0771. The van der Waals surface area contributed by atoms with Crippen LogP contribution >= 0.6 is 22.9 Å². The molecular weight excluding hydrogens is 548 g/mol. The Hall–Kier alpha value is -3.63. The molecule has 1 aliphatic carbocycles. The molecule has 3 aromatic rings. The van der Waals surface area contributed by atoms with Crippen LogP contribution in [0.3, 0.4) is 0 Å². The number of aliphatic imine (C=N–C) groups is 1. The first-order valence-electron chi connectivity index (χ1n) is 12.3. The molecule has 0 radical (unpaired) electrons. The molecule has 11 heteroatoms. The molecule has 39 heavy (non-hydrogen) atoms. The predicted octanol–water partition coefficient (Wildman–Crippen LogP) is 6.44. The SMILES string of the molecule is COC(=O)c1ccc(C2CCC(C3=C(C(=O)O)CN=C(c4nccs4)N3c3ccc(F)c(F)c3Cl)CC2)cc1. The van der Waals surface area contributed by atoms with Crippen LogP contribution in [-0.4, -0.2) is 41.5 Å². The van der Waals surface area contributed by atoms with Gasteiger partial charge in [-0.25, -0.2) is 23.4 Å². The van der Waals surface area contributed by atoms with E-state index in [-0.39, 0.29) is 29.6 Å². The molecular formula is C28H24ClF2N3O4S. The summed E-state index contributed by atoms with van der Waals surface area (Å²) in [5, 5.41) is 12.0. The highest BCUT2D eigenvalue weighted by Gasteiger charge is 2.38. The Morgan fingerprint density at radius 2 is 1.77 bits per heavy atom. The maximum Gasteiger partial charge on any atom is 0.337 e. The van der Waals surface area contributed by atoms with Crippen LogP contribution in [0.15, 0.2) is 64.2 Å². The Morgan fingerprint density at radius 3 is 2.38 bits per heavy atom. The molecule has 0 bridgehead atoms. The number of aliphatic carboxylic acids is 1. The zero-order chi connectivity index (χ0) is 27.7. The highest BCUT2D eigenvalue weighted by molar-refractivity contribution is 7.11. The quantitative estimate of drug-likeness (QED) is 0.270. The lowest BCUT2D eigenvalue weighted by Gasteiger charge is -2.39.